The molecule has 0 bridgehead atoms. The Morgan fingerprint density at radius 2 is 1.76 bits per heavy atom. The fourth-order valence-corrected chi connectivity index (χ4v) is 1.35. The Morgan fingerprint density at radius 3 is 2.29 bits per heavy atom. The fraction of sp³-hybridized carbons (Fsp3) is 0.0909. The van der Waals surface area contributed by atoms with E-state index >= 15 is 0 Å². The quantitative estimate of drug-likeness (QED) is 0.832. The lowest BCUT2D eigenvalue weighted by Crippen LogP contribution is -2.07. The van der Waals surface area contributed by atoms with Gasteiger partial charge >= 0.3 is 6.18 Å². The van der Waals surface area contributed by atoms with E-state index in [-0.39, 0.29) is 0 Å². The maximum atomic E-state index is 12.3. The lowest BCUT2D eigenvalue weighted by molar-refractivity contribution is -0.141. The molecule has 0 aliphatic rings. The van der Waals surface area contributed by atoms with E-state index in [1.165, 1.54) is 18.5 Å². The van der Waals surface area contributed by atoms with Crippen molar-refractivity contribution in [2.45, 2.75) is 6.18 Å². The molecule has 0 aliphatic heterocycles. The molecule has 2 N–H and O–H groups in total. The molecule has 2 aromatic heterocycles. The first-order valence-corrected chi connectivity index (χ1v) is 4.71. The third-order valence-corrected chi connectivity index (χ3v) is 2.15. The molecule has 0 spiro atoms. The van der Waals surface area contributed by atoms with E-state index in [2.05, 4.69) is 9.97 Å². The Kier molecular flexibility index (Phi) is 2.71. The zero-order valence-electron chi connectivity index (χ0n) is 8.57. The molecule has 2 heterocycles. The minimum Gasteiger partial charge on any atom is -0.397 e. The summed E-state index contributed by atoms with van der Waals surface area (Å²) in [7, 11) is 0. The molecule has 0 unspecified atom stereocenters. The molecule has 17 heavy (non-hydrogen) atoms. The summed E-state index contributed by atoms with van der Waals surface area (Å²) >= 11 is 0. The minimum atomic E-state index is -4.42. The average molecular weight is 239 g/mol. The van der Waals surface area contributed by atoms with Gasteiger partial charge in [-0.3, -0.25) is 9.97 Å². The van der Waals surface area contributed by atoms with Crippen LogP contribution in [0.2, 0.25) is 0 Å². The van der Waals surface area contributed by atoms with Crippen LogP contribution >= 0.6 is 0 Å². The van der Waals surface area contributed by atoms with E-state index in [0.717, 1.165) is 12.3 Å². The van der Waals surface area contributed by atoms with Gasteiger partial charge in [0, 0.05) is 29.7 Å². The van der Waals surface area contributed by atoms with Gasteiger partial charge in [0.2, 0.25) is 0 Å². The van der Waals surface area contributed by atoms with Crippen molar-refractivity contribution in [3.63, 3.8) is 0 Å². The zero-order chi connectivity index (χ0) is 12.5. The van der Waals surface area contributed by atoms with Gasteiger partial charge in [-0.2, -0.15) is 13.2 Å². The van der Waals surface area contributed by atoms with Gasteiger partial charge in [0.25, 0.3) is 0 Å². The van der Waals surface area contributed by atoms with Crippen molar-refractivity contribution in [2.75, 3.05) is 5.73 Å². The molecule has 2 rings (SSSR count). The summed E-state index contributed by atoms with van der Waals surface area (Å²) in [5.41, 5.74) is 6.23. The molecule has 0 saturated heterocycles. The van der Waals surface area contributed by atoms with Gasteiger partial charge in [-0.05, 0) is 12.1 Å². The van der Waals surface area contributed by atoms with Crippen LogP contribution < -0.4 is 5.73 Å². The van der Waals surface area contributed by atoms with E-state index in [4.69, 9.17) is 5.73 Å². The summed E-state index contributed by atoms with van der Waals surface area (Å²) in [6.07, 6.45) is -0.298. The Hall–Kier alpha value is -2.11. The van der Waals surface area contributed by atoms with Crippen molar-refractivity contribution in [3.05, 3.63) is 42.5 Å². The van der Waals surface area contributed by atoms with E-state index in [1.807, 2.05) is 0 Å². The molecule has 6 heteroatoms. The first kappa shape index (κ1) is 11.4. The Bertz CT molecular complexity index is 520. The van der Waals surface area contributed by atoms with E-state index in [0.29, 0.717) is 16.8 Å². The molecular weight excluding hydrogens is 231 g/mol. The van der Waals surface area contributed by atoms with Crippen LogP contribution in [0, 0.1) is 0 Å². The lowest BCUT2D eigenvalue weighted by atomic mass is 10.1. The maximum absolute atomic E-state index is 12.3. The van der Waals surface area contributed by atoms with Gasteiger partial charge < -0.3 is 5.73 Å². The van der Waals surface area contributed by atoms with Crippen molar-refractivity contribution < 1.29 is 13.2 Å². The number of nitrogens with zero attached hydrogens (tertiary/aromatic N) is 2. The topological polar surface area (TPSA) is 51.8 Å². The number of anilines is 1. The number of rotatable bonds is 1. The van der Waals surface area contributed by atoms with Crippen LogP contribution in [0.4, 0.5) is 18.9 Å². The van der Waals surface area contributed by atoms with Crippen molar-refractivity contribution >= 4 is 5.69 Å². The van der Waals surface area contributed by atoms with Crippen molar-refractivity contribution in [1.82, 2.24) is 9.97 Å². The minimum absolute atomic E-state index is 0.447. The Morgan fingerprint density at radius 1 is 1.00 bits per heavy atom. The summed E-state index contributed by atoms with van der Waals surface area (Å²) < 4.78 is 36.9. The SMILES string of the molecule is Nc1cncc(-c2ccc(C(F)(F)F)nc2)c1. The number of halogens is 3. The standard InChI is InChI=1S/C11H8F3N3/c12-11(13,14)10-2-1-7(5-17-10)8-3-9(15)6-16-4-8/h1-6H,15H2. The average Bonchev–Trinajstić information content (AvgIpc) is 2.28. The van der Waals surface area contributed by atoms with Crippen molar-refractivity contribution in [3.8, 4) is 11.1 Å². The van der Waals surface area contributed by atoms with Crippen molar-refractivity contribution in [1.29, 1.82) is 0 Å². The second-order valence-electron chi connectivity index (χ2n) is 3.44. The predicted octanol–water partition coefficient (Wildman–Crippen LogP) is 2.74. The highest BCUT2D eigenvalue weighted by molar-refractivity contribution is 5.64. The molecule has 88 valence electrons. The Labute approximate surface area is 95.1 Å². The molecular formula is C11H8F3N3. The van der Waals surface area contributed by atoms with Crippen LogP contribution in [-0.4, -0.2) is 9.97 Å². The second-order valence-corrected chi connectivity index (χ2v) is 3.44. The van der Waals surface area contributed by atoms with Crippen molar-refractivity contribution in [2.24, 2.45) is 0 Å². The summed E-state index contributed by atoms with van der Waals surface area (Å²) in [4.78, 5) is 7.22. The molecule has 0 fully saturated rings. The molecule has 2 aromatic rings. The first-order valence-electron chi connectivity index (χ1n) is 4.71. The van der Waals surface area contributed by atoms with E-state index in [9.17, 15) is 13.2 Å². The van der Waals surface area contributed by atoms with Gasteiger partial charge in [-0.15, -0.1) is 0 Å². The maximum Gasteiger partial charge on any atom is 0.433 e. The molecule has 0 amide bonds. The van der Waals surface area contributed by atoms with Gasteiger partial charge in [0.15, 0.2) is 0 Å². The smallest absolute Gasteiger partial charge is 0.397 e. The van der Waals surface area contributed by atoms with Crippen LogP contribution in [0.5, 0.6) is 0 Å². The Balaban J connectivity index is 2.36. The molecule has 0 aliphatic carbocycles. The third-order valence-electron chi connectivity index (χ3n) is 2.15. The highest BCUT2D eigenvalue weighted by atomic mass is 19.4. The largest absolute Gasteiger partial charge is 0.433 e. The monoisotopic (exact) mass is 239 g/mol. The molecule has 0 atom stereocenters. The van der Waals surface area contributed by atoms with Gasteiger partial charge in [-0.25, -0.2) is 0 Å². The number of aromatic nitrogens is 2. The van der Waals surface area contributed by atoms with Crippen LogP contribution in [0.3, 0.4) is 0 Å². The molecule has 0 radical (unpaired) electrons. The first-order chi connectivity index (χ1) is 7.97. The summed E-state index contributed by atoms with van der Waals surface area (Å²) in [5.74, 6) is 0. The van der Waals surface area contributed by atoms with Gasteiger partial charge in [0.05, 0.1) is 5.69 Å². The van der Waals surface area contributed by atoms with Gasteiger partial charge in [-0.1, -0.05) is 6.07 Å². The molecule has 3 nitrogen and oxygen atoms in total. The highest BCUT2D eigenvalue weighted by Gasteiger charge is 2.32. The molecule has 0 saturated carbocycles. The second kappa shape index (κ2) is 4.04. The lowest BCUT2D eigenvalue weighted by Gasteiger charge is -2.06. The van der Waals surface area contributed by atoms with Crippen LogP contribution in [0.25, 0.3) is 11.1 Å². The number of nitrogens with two attached hydrogens (primary N) is 1. The number of pyridine rings is 2. The number of hydrogen-bond donors (Lipinski definition) is 1. The highest BCUT2D eigenvalue weighted by Crippen LogP contribution is 2.28. The normalized spacial score (nSPS) is 11.5. The van der Waals surface area contributed by atoms with E-state index < -0.39 is 11.9 Å². The summed E-state index contributed by atoms with van der Waals surface area (Å²) in [5, 5.41) is 0. The van der Waals surface area contributed by atoms with Crippen LogP contribution in [-0.2, 0) is 6.18 Å². The number of nitrogen functional groups attached to an aromatic ring is 1. The third kappa shape index (κ3) is 2.52. The summed E-state index contributed by atoms with van der Waals surface area (Å²) in [6.45, 7) is 0. The fourth-order valence-electron chi connectivity index (χ4n) is 1.35. The van der Waals surface area contributed by atoms with Gasteiger partial charge in [0.1, 0.15) is 5.69 Å². The zero-order valence-corrected chi connectivity index (χ0v) is 8.57. The van der Waals surface area contributed by atoms with Crippen LogP contribution in [0.1, 0.15) is 5.69 Å². The van der Waals surface area contributed by atoms with E-state index in [1.54, 1.807) is 6.07 Å². The number of alkyl halides is 3. The predicted molar refractivity (Wildman–Crippen MR) is 56.9 cm³/mol. The summed E-state index contributed by atoms with van der Waals surface area (Å²) in [6, 6.07) is 3.89. The number of hydrogen-bond acceptors (Lipinski definition) is 3. The van der Waals surface area contributed by atoms with Crippen LogP contribution in [0.15, 0.2) is 36.8 Å². The molecule has 0 aromatic carbocycles.